The summed E-state index contributed by atoms with van der Waals surface area (Å²) in [7, 11) is -4.03. The molecule has 3 aromatic carbocycles. The van der Waals surface area contributed by atoms with Crippen molar-refractivity contribution in [1.29, 1.82) is 0 Å². The van der Waals surface area contributed by atoms with Gasteiger partial charge in [0.1, 0.15) is 0 Å². The molecule has 0 unspecified atom stereocenters. The third kappa shape index (κ3) is 4.24. The van der Waals surface area contributed by atoms with Crippen LogP contribution in [0.25, 0.3) is 0 Å². The maximum Gasteiger partial charge on any atom is 0.269 e. The van der Waals surface area contributed by atoms with E-state index in [0.29, 0.717) is 23.2 Å². The number of nitro groups is 1. The Kier molecular flexibility index (Phi) is 6.34. The van der Waals surface area contributed by atoms with Gasteiger partial charge in [0.15, 0.2) is 5.78 Å². The Morgan fingerprint density at radius 2 is 1.71 bits per heavy atom. The number of hydrogen-bond acceptors (Lipinski definition) is 5. The van der Waals surface area contributed by atoms with Gasteiger partial charge in [0.05, 0.1) is 15.9 Å². The van der Waals surface area contributed by atoms with Crippen molar-refractivity contribution in [2.75, 3.05) is 0 Å². The fourth-order valence-electron chi connectivity index (χ4n) is 4.29. The normalized spacial score (nSPS) is 19.0. The van der Waals surface area contributed by atoms with Crippen molar-refractivity contribution in [2.45, 2.75) is 31.2 Å². The summed E-state index contributed by atoms with van der Waals surface area (Å²) in [5.41, 5.74) is 2.16. The maximum atomic E-state index is 13.8. The zero-order valence-corrected chi connectivity index (χ0v) is 19.6. The molecule has 2 atom stereocenters. The highest BCUT2D eigenvalue weighted by Gasteiger charge is 2.50. The number of rotatable bonds is 7. The van der Waals surface area contributed by atoms with E-state index < -0.39 is 21.0 Å². The standard InChI is InChI=1S/C26H24N2O5S/c1-3-23-24(17-25(29)19-8-5-4-6-9-19)27(34(32,33)22-14-12-18(2)13-15-22)26(23)20-10-7-11-21(16-20)28(30)31/h4-17,23,26H,3H2,1-2H3/b24-17+/t23-,26+/m0/s1. The number of nitrogens with zero attached hydrogens (tertiary/aromatic N) is 2. The summed E-state index contributed by atoms with van der Waals surface area (Å²) < 4.78 is 28.8. The summed E-state index contributed by atoms with van der Waals surface area (Å²) in [6.07, 6.45) is 1.93. The molecule has 0 N–H and O–H groups in total. The van der Waals surface area contributed by atoms with Crippen LogP contribution in [-0.2, 0) is 10.0 Å². The first-order valence-corrected chi connectivity index (χ1v) is 12.3. The Morgan fingerprint density at radius 1 is 1.03 bits per heavy atom. The third-order valence-corrected chi connectivity index (χ3v) is 7.87. The van der Waals surface area contributed by atoms with Crippen LogP contribution in [-0.4, -0.2) is 23.4 Å². The minimum Gasteiger partial charge on any atom is -0.289 e. The summed E-state index contributed by atoms with van der Waals surface area (Å²) in [6.45, 7) is 3.77. The average Bonchev–Trinajstić information content (AvgIpc) is 2.82. The number of sulfonamides is 1. The molecule has 4 rings (SSSR count). The van der Waals surface area contributed by atoms with Crippen LogP contribution in [0.2, 0.25) is 0 Å². The number of allylic oxidation sites excluding steroid dienone is 1. The molecule has 7 nitrogen and oxygen atoms in total. The zero-order valence-electron chi connectivity index (χ0n) is 18.8. The van der Waals surface area contributed by atoms with Gasteiger partial charge in [0.25, 0.3) is 15.7 Å². The number of ketones is 1. The molecule has 1 saturated heterocycles. The smallest absolute Gasteiger partial charge is 0.269 e. The third-order valence-electron chi connectivity index (χ3n) is 6.05. The minimum absolute atomic E-state index is 0.0983. The van der Waals surface area contributed by atoms with Gasteiger partial charge in [-0.3, -0.25) is 19.2 Å². The van der Waals surface area contributed by atoms with Gasteiger partial charge < -0.3 is 0 Å². The Balaban J connectivity index is 1.84. The Bertz CT molecular complexity index is 1370. The number of carbonyl (C=O) groups is 1. The van der Waals surface area contributed by atoms with Crippen molar-refractivity contribution in [1.82, 2.24) is 4.31 Å². The van der Waals surface area contributed by atoms with E-state index in [2.05, 4.69) is 0 Å². The van der Waals surface area contributed by atoms with E-state index in [1.54, 1.807) is 54.6 Å². The first kappa shape index (κ1) is 23.4. The molecule has 1 heterocycles. The second-order valence-corrected chi connectivity index (χ2v) is 10.0. The Labute approximate surface area is 198 Å². The second-order valence-electron chi connectivity index (χ2n) is 8.23. The van der Waals surface area contributed by atoms with Crippen LogP contribution in [0, 0.1) is 23.0 Å². The summed E-state index contributed by atoms with van der Waals surface area (Å²) in [4.78, 5) is 23.9. The van der Waals surface area contributed by atoms with Gasteiger partial charge in [-0.15, -0.1) is 0 Å². The van der Waals surface area contributed by atoms with Crippen molar-refractivity contribution in [2.24, 2.45) is 5.92 Å². The van der Waals surface area contributed by atoms with E-state index in [1.165, 1.54) is 34.6 Å². The van der Waals surface area contributed by atoms with Crippen molar-refractivity contribution in [3.8, 4) is 0 Å². The van der Waals surface area contributed by atoms with Crippen LogP contribution in [0.15, 0.2) is 95.5 Å². The van der Waals surface area contributed by atoms with Gasteiger partial charge in [0.2, 0.25) is 0 Å². The van der Waals surface area contributed by atoms with Gasteiger partial charge in [0, 0.05) is 35.4 Å². The maximum absolute atomic E-state index is 13.8. The summed E-state index contributed by atoms with van der Waals surface area (Å²) in [6, 6.07) is 20.5. The number of non-ortho nitro benzene ring substituents is 1. The molecule has 8 heteroatoms. The van der Waals surface area contributed by atoms with Gasteiger partial charge in [-0.25, -0.2) is 8.42 Å². The summed E-state index contributed by atoms with van der Waals surface area (Å²) in [5, 5.41) is 11.3. The molecule has 174 valence electrons. The molecule has 0 aromatic heterocycles. The van der Waals surface area contributed by atoms with Crippen LogP contribution in [0.5, 0.6) is 0 Å². The lowest BCUT2D eigenvalue weighted by Crippen LogP contribution is -2.50. The molecule has 3 aromatic rings. The molecule has 0 bridgehead atoms. The molecule has 0 spiro atoms. The lowest BCUT2D eigenvalue weighted by atomic mass is 9.80. The number of nitro benzene ring substituents is 1. The second kappa shape index (κ2) is 9.23. The predicted molar refractivity (Wildman–Crippen MR) is 129 cm³/mol. The van der Waals surface area contributed by atoms with Gasteiger partial charge in [-0.05, 0) is 31.0 Å². The highest BCUT2D eigenvalue weighted by atomic mass is 32.2. The van der Waals surface area contributed by atoms with Crippen LogP contribution in [0.1, 0.15) is 40.9 Å². The number of carbonyl (C=O) groups excluding carboxylic acids is 1. The first-order chi connectivity index (χ1) is 16.2. The molecule has 0 saturated carbocycles. The van der Waals surface area contributed by atoms with Gasteiger partial charge >= 0.3 is 0 Å². The highest BCUT2D eigenvalue weighted by molar-refractivity contribution is 7.89. The molecular formula is C26H24N2O5S. The Hall–Kier alpha value is -3.78. The molecule has 1 aliphatic rings. The van der Waals surface area contributed by atoms with Gasteiger partial charge in [-0.1, -0.05) is 67.1 Å². The van der Waals surface area contributed by atoms with E-state index in [-0.39, 0.29) is 22.3 Å². The Morgan fingerprint density at radius 3 is 2.32 bits per heavy atom. The monoisotopic (exact) mass is 476 g/mol. The predicted octanol–water partition coefficient (Wildman–Crippen LogP) is 5.44. The molecule has 1 fully saturated rings. The summed E-state index contributed by atoms with van der Waals surface area (Å²) >= 11 is 0. The van der Waals surface area contributed by atoms with E-state index in [4.69, 9.17) is 0 Å². The van der Waals surface area contributed by atoms with Crippen molar-refractivity contribution in [3.63, 3.8) is 0 Å². The fraction of sp³-hybridized carbons (Fsp3) is 0.192. The average molecular weight is 477 g/mol. The molecule has 0 aliphatic carbocycles. The quantitative estimate of drug-likeness (QED) is 0.196. The van der Waals surface area contributed by atoms with E-state index in [0.717, 1.165) is 5.56 Å². The highest BCUT2D eigenvalue weighted by Crippen LogP contribution is 2.52. The lowest BCUT2D eigenvalue weighted by molar-refractivity contribution is -0.385. The minimum atomic E-state index is -4.03. The van der Waals surface area contributed by atoms with E-state index >= 15 is 0 Å². The van der Waals surface area contributed by atoms with Crippen LogP contribution >= 0.6 is 0 Å². The van der Waals surface area contributed by atoms with E-state index in [1.807, 2.05) is 13.8 Å². The molecule has 0 amide bonds. The van der Waals surface area contributed by atoms with Crippen molar-refractivity contribution >= 4 is 21.5 Å². The van der Waals surface area contributed by atoms with Crippen molar-refractivity contribution < 1.29 is 18.1 Å². The molecular weight excluding hydrogens is 452 g/mol. The number of aryl methyl sites for hydroxylation is 1. The topological polar surface area (TPSA) is 97.6 Å². The lowest BCUT2D eigenvalue weighted by Gasteiger charge is -2.50. The van der Waals surface area contributed by atoms with Gasteiger partial charge in [-0.2, -0.15) is 0 Å². The van der Waals surface area contributed by atoms with Crippen LogP contribution in [0.3, 0.4) is 0 Å². The molecule has 1 aliphatic heterocycles. The van der Waals surface area contributed by atoms with E-state index in [9.17, 15) is 23.3 Å². The summed E-state index contributed by atoms with van der Waals surface area (Å²) in [5.74, 6) is -0.592. The van der Waals surface area contributed by atoms with Crippen LogP contribution < -0.4 is 0 Å². The number of hydrogen-bond donors (Lipinski definition) is 0. The first-order valence-electron chi connectivity index (χ1n) is 10.9. The zero-order chi connectivity index (χ0) is 24.5. The largest absolute Gasteiger partial charge is 0.289 e. The SMILES string of the molecule is CC[C@H]1/C(=C\C(=O)c2ccccc2)N(S(=O)(=O)c2ccc(C)cc2)[C@@H]1c1cccc([N+](=O)[O-])c1. The van der Waals surface area contributed by atoms with Crippen LogP contribution in [0.4, 0.5) is 5.69 Å². The molecule has 0 radical (unpaired) electrons. The van der Waals surface area contributed by atoms with Crippen molar-refractivity contribution in [3.05, 3.63) is 117 Å². The molecule has 34 heavy (non-hydrogen) atoms. The fourth-order valence-corrected chi connectivity index (χ4v) is 6.03. The number of benzene rings is 3.